The van der Waals surface area contributed by atoms with E-state index in [0.717, 1.165) is 51.1 Å². The number of phosphoric ester groups is 1. The fourth-order valence-corrected chi connectivity index (χ4v) is 7.22. The summed E-state index contributed by atoms with van der Waals surface area (Å²) in [5.41, 5.74) is 0. The number of rotatable bonds is 40. The average Bonchev–Trinajstić information content (AvgIpc) is 3.22. The number of carbonyl (C=O) groups is 6. The van der Waals surface area contributed by atoms with Gasteiger partial charge in [0, 0.05) is 36.5 Å². The lowest BCUT2D eigenvalue weighted by Crippen LogP contribution is -2.38. The van der Waals surface area contributed by atoms with Gasteiger partial charge in [-0.3, -0.25) is 19.2 Å². The van der Waals surface area contributed by atoms with E-state index in [1.807, 2.05) is 27.2 Å². The molecule has 0 saturated heterocycles. The molecule has 3 N–H and O–H groups in total. The first kappa shape index (κ1) is 60.7. The zero-order valence-corrected chi connectivity index (χ0v) is 40.6. The SMILES string of the molecule is CCCCCC(C(C)=O)C(C=O)/C=C/C(O)C/C=C\CCCC(=O)OC[C@H](CO[P+]([O-])(O)OCC[N+](C)(C)C)OC(=O)CCC/C=C\CC(O)/C=C/C(C=O)C(CCCCC)C(C)=O. The second-order valence-corrected chi connectivity index (χ2v) is 18.8. The fraction of sp³-hybridized carbons (Fsp3) is 0.708. The minimum atomic E-state index is -4.52. The van der Waals surface area contributed by atoms with Gasteiger partial charge in [0.05, 0.1) is 33.4 Å². The van der Waals surface area contributed by atoms with Crippen LogP contribution >= 0.6 is 8.17 Å². The van der Waals surface area contributed by atoms with Crippen molar-refractivity contribution < 1.29 is 71.8 Å². The maximum Gasteiger partial charge on any atom is 0.377 e. The number of quaternary nitrogens is 1. The lowest BCUT2D eigenvalue weighted by molar-refractivity contribution is -0.870. The number of Topliss-reactive ketones (excluding diaryl/α,β-unsaturated/α-hetero) is 2. The van der Waals surface area contributed by atoms with Gasteiger partial charge in [0.2, 0.25) is 0 Å². The van der Waals surface area contributed by atoms with Crippen molar-refractivity contribution >= 4 is 44.2 Å². The number of phosphoric acid groups is 1. The second kappa shape index (κ2) is 35.9. The predicted octanol–water partition coefficient (Wildman–Crippen LogP) is 6.48. The molecule has 0 radical (unpaired) electrons. The topological polar surface area (TPSA) is 223 Å². The molecule has 64 heavy (non-hydrogen) atoms. The van der Waals surface area contributed by atoms with Crippen molar-refractivity contribution in [3.8, 4) is 0 Å². The quantitative estimate of drug-likeness (QED) is 0.0150. The van der Waals surface area contributed by atoms with Gasteiger partial charge in [-0.25, -0.2) is 0 Å². The first-order valence-electron chi connectivity index (χ1n) is 23.0. The van der Waals surface area contributed by atoms with E-state index in [1.165, 1.54) is 26.0 Å². The Balaban J connectivity index is 5.10. The van der Waals surface area contributed by atoms with Crippen LogP contribution in [0.25, 0.3) is 0 Å². The molecular formula is C48H81NO14P+. The molecule has 0 aliphatic rings. The van der Waals surface area contributed by atoms with Gasteiger partial charge in [0.25, 0.3) is 0 Å². The molecule has 0 aromatic rings. The Morgan fingerprint density at radius 3 is 1.55 bits per heavy atom. The lowest BCUT2D eigenvalue weighted by Gasteiger charge is -2.26. The molecular weight excluding hydrogens is 845 g/mol. The van der Waals surface area contributed by atoms with Gasteiger partial charge in [-0.15, -0.1) is 0 Å². The first-order chi connectivity index (χ1) is 30.3. The number of hydrogen-bond donors (Lipinski definition) is 3. The molecule has 0 fully saturated rings. The molecule has 0 heterocycles. The molecule has 0 amide bonds. The molecule has 0 aromatic carbocycles. The summed E-state index contributed by atoms with van der Waals surface area (Å²) in [7, 11) is 1.14. The Labute approximate surface area is 383 Å². The standard InChI is InChI=1S/C48H80NO14P/c1-8-10-16-24-45(38(3)52)40(34-50)28-30-42(54)22-18-12-14-20-26-47(56)60-36-44(37-62-64(58,59)61-33-32-49(5,6)7)63-48(57)27-21-15-13-19-23-43(55)31-29-41(35-51)46(39(4)53)25-17-11-9-2/h12-13,18-19,28-31,34-35,40-46,54-55H,8-11,14-17,20-27,32-33,36-37H2,1-7H3/p+1/b18-12-,19-13-,30-28+,31-29+/t40?,41?,42?,43?,44-,45?,46?/m1/s1. The number of ketones is 2. The van der Waals surface area contributed by atoms with E-state index in [1.54, 1.807) is 30.4 Å². The predicted molar refractivity (Wildman–Crippen MR) is 246 cm³/mol. The minimum Gasteiger partial charge on any atom is -0.606 e. The Kier molecular flexibility index (Phi) is 34.1. The molecule has 7 unspecified atom stereocenters. The maximum absolute atomic E-state index is 12.8. The third-order valence-corrected chi connectivity index (χ3v) is 11.4. The van der Waals surface area contributed by atoms with Gasteiger partial charge in [-0.2, -0.15) is 13.9 Å². The minimum absolute atomic E-state index is 0.0218. The fourth-order valence-electron chi connectivity index (χ4n) is 6.48. The smallest absolute Gasteiger partial charge is 0.377 e. The second-order valence-electron chi connectivity index (χ2n) is 17.4. The monoisotopic (exact) mass is 927 g/mol. The number of ether oxygens (including phenoxy) is 2. The van der Waals surface area contributed by atoms with Crippen molar-refractivity contribution in [1.29, 1.82) is 0 Å². The van der Waals surface area contributed by atoms with E-state index < -0.39 is 75.3 Å². The first-order valence-corrected chi connectivity index (χ1v) is 24.5. The van der Waals surface area contributed by atoms with Crippen LogP contribution in [-0.4, -0.2) is 121 Å². The zero-order valence-electron chi connectivity index (χ0n) is 39.7. The van der Waals surface area contributed by atoms with Gasteiger partial charge in [-0.1, -0.05) is 101 Å². The van der Waals surface area contributed by atoms with Crippen LogP contribution < -0.4 is 4.89 Å². The Bertz CT molecular complexity index is 1460. The number of esters is 2. The summed E-state index contributed by atoms with van der Waals surface area (Å²) in [4.78, 5) is 95.7. The van der Waals surface area contributed by atoms with Crippen LogP contribution in [0.15, 0.2) is 48.6 Å². The van der Waals surface area contributed by atoms with Gasteiger partial charge in [0.1, 0.15) is 50.5 Å². The number of carbonyl (C=O) groups excluding carboxylic acids is 6. The van der Waals surface area contributed by atoms with E-state index in [0.29, 0.717) is 49.6 Å². The van der Waals surface area contributed by atoms with Crippen LogP contribution in [0.3, 0.4) is 0 Å². The van der Waals surface area contributed by atoms with E-state index in [-0.39, 0.29) is 43.9 Å². The summed E-state index contributed by atoms with van der Waals surface area (Å²) < 4.78 is 21.4. The number of aldehydes is 2. The molecule has 0 bridgehead atoms. The van der Waals surface area contributed by atoms with Gasteiger partial charge >= 0.3 is 20.1 Å². The van der Waals surface area contributed by atoms with Crippen LogP contribution in [0.5, 0.6) is 0 Å². The number of nitrogens with zero attached hydrogens (tertiary/aromatic N) is 1. The number of likely N-dealkylation sites (N-methyl/N-ethyl adjacent to an activating group) is 1. The van der Waals surface area contributed by atoms with Crippen molar-refractivity contribution in [2.45, 2.75) is 149 Å². The van der Waals surface area contributed by atoms with Crippen molar-refractivity contribution in [3.05, 3.63) is 48.6 Å². The van der Waals surface area contributed by atoms with Crippen LogP contribution in [-0.2, 0) is 47.3 Å². The highest BCUT2D eigenvalue weighted by molar-refractivity contribution is 7.52. The maximum atomic E-state index is 12.8. The molecule has 0 rings (SSSR count). The molecule has 0 spiro atoms. The molecule has 0 aliphatic heterocycles. The molecule has 0 aromatic heterocycles. The summed E-state index contributed by atoms with van der Waals surface area (Å²) >= 11 is 0. The molecule has 8 atom stereocenters. The number of aliphatic hydroxyl groups is 2. The van der Waals surface area contributed by atoms with Crippen molar-refractivity contribution in [3.63, 3.8) is 0 Å². The van der Waals surface area contributed by atoms with E-state index >= 15 is 0 Å². The van der Waals surface area contributed by atoms with E-state index in [4.69, 9.17) is 18.5 Å². The summed E-state index contributed by atoms with van der Waals surface area (Å²) in [5, 5.41) is 20.8. The number of hydrogen-bond acceptors (Lipinski definition) is 14. The Morgan fingerprint density at radius 1 is 0.656 bits per heavy atom. The van der Waals surface area contributed by atoms with Crippen molar-refractivity contribution in [1.82, 2.24) is 0 Å². The lowest BCUT2D eigenvalue weighted by atomic mass is 9.85. The highest BCUT2D eigenvalue weighted by atomic mass is 31.2. The molecule has 0 aliphatic carbocycles. The number of unbranched alkanes of at least 4 members (excludes halogenated alkanes) is 6. The summed E-state index contributed by atoms with van der Waals surface area (Å²) in [5.74, 6) is -3.36. The normalized spacial score (nSPS) is 16.6. The van der Waals surface area contributed by atoms with Gasteiger partial charge in [-0.05, 0) is 65.2 Å². The highest BCUT2D eigenvalue weighted by Crippen LogP contribution is 2.47. The molecule has 0 saturated carbocycles. The van der Waals surface area contributed by atoms with E-state index in [2.05, 4.69) is 13.8 Å². The molecule has 16 heteroatoms. The molecule has 15 nitrogen and oxygen atoms in total. The van der Waals surface area contributed by atoms with Crippen LogP contribution in [0.1, 0.15) is 130 Å². The largest absolute Gasteiger partial charge is 0.606 e. The zero-order chi connectivity index (χ0) is 48.4. The van der Waals surface area contributed by atoms with Crippen LogP contribution in [0, 0.1) is 23.7 Å². The highest BCUT2D eigenvalue weighted by Gasteiger charge is 2.32. The Morgan fingerprint density at radius 2 is 1.12 bits per heavy atom. The van der Waals surface area contributed by atoms with Crippen molar-refractivity contribution in [2.75, 3.05) is 47.5 Å². The summed E-state index contributed by atoms with van der Waals surface area (Å²) in [6.45, 7) is 6.46. The van der Waals surface area contributed by atoms with Gasteiger partial charge < -0.3 is 38.7 Å². The average molecular weight is 927 g/mol. The van der Waals surface area contributed by atoms with Crippen LogP contribution in [0.2, 0.25) is 0 Å². The van der Waals surface area contributed by atoms with Crippen LogP contribution in [0.4, 0.5) is 0 Å². The molecule has 366 valence electrons. The number of allylic oxidation sites excluding steroid dienone is 4. The summed E-state index contributed by atoms with van der Waals surface area (Å²) in [6.07, 6.45) is 21.1. The van der Waals surface area contributed by atoms with Crippen molar-refractivity contribution in [2.24, 2.45) is 23.7 Å². The Hall–Kier alpha value is -3.27. The summed E-state index contributed by atoms with van der Waals surface area (Å²) in [6, 6.07) is 0. The van der Waals surface area contributed by atoms with E-state index in [9.17, 15) is 48.8 Å². The third-order valence-electron chi connectivity index (χ3n) is 10.4. The number of aliphatic hydroxyl groups excluding tert-OH is 2. The third kappa shape index (κ3) is 32.4. The van der Waals surface area contributed by atoms with Gasteiger partial charge in [0.15, 0.2) is 6.10 Å².